The molecule has 0 atom stereocenters. The number of aromatic nitrogens is 2. The molecule has 1 aliphatic heterocycles. The van der Waals surface area contributed by atoms with E-state index in [1.807, 2.05) is 10.8 Å². The van der Waals surface area contributed by atoms with Crippen molar-refractivity contribution in [2.75, 3.05) is 13.1 Å². The fourth-order valence-corrected chi connectivity index (χ4v) is 3.45. The minimum Gasteiger partial charge on any atom is -0.340 e. The van der Waals surface area contributed by atoms with Crippen LogP contribution in [0.1, 0.15) is 38.5 Å². The Labute approximate surface area is 124 Å². The maximum atomic E-state index is 12.7. The standard InChI is InChI=1S/C15H22N4O2/c20-13-11-19(9-4-8-18-10-7-16-12-18)14(21)15(17-13)5-2-1-3-6-15/h7,10,12H,1-6,8-9,11H2,(H,17,20). The number of hydrogen-bond acceptors (Lipinski definition) is 3. The van der Waals surface area contributed by atoms with Crippen LogP contribution in [0.3, 0.4) is 0 Å². The van der Waals surface area contributed by atoms with Crippen LogP contribution >= 0.6 is 0 Å². The smallest absolute Gasteiger partial charge is 0.248 e. The van der Waals surface area contributed by atoms with Gasteiger partial charge in [0.2, 0.25) is 11.8 Å². The van der Waals surface area contributed by atoms with Gasteiger partial charge in [0.05, 0.1) is 12.9 Å². The number of hydrogen-bond donors (Lipinski definition) is 1. The third kappa shape index (κ3) is 2.94. The van der Waals surface area contributed by atoms with Gasteiger partial charge >= 0.3 is 0 Å². The van der Waals surface area contributed by atoms with Crippen molar-refractivity contribution in [3.05, 3.63) is 18.7 Å². The second-order valence-electron chi connectivity index (χ2n) is 6.07. The Kier molecular flexibility index (Phi) is 3.94. The van der Waals surface area contributed by atoms with Gasteiger partial charge in [-0.1, -0.05) is 19.3 Å². The molecule has 0 radical (unpaired) electrons. The molecule has 2 aliphatic rings. The summed E-state index contributed by atoms with van der Waals surface area (Å²) < 4.78 is 1.99. The first-order chi connectivity index (χ1) is 10.2. The Hall–Kier alpha value is -1.85. The average Bonchev–Trinajstić information content (AvgIpc) is 2.98. The van der Waals surface area contributed by atoms with E-state index in [0.29, 0.717) is 6.54 Å². The molecule has 2 fully saturated rings. The first-order valence-corrected chi connectivity index (χ1v) is 7.76. The molecule has 6 heteroatoms. The van der Waals surface area contributed by atoms with Gasteiger partial charge in [-0.25, -0.2) is 4.98 Å². The minimum atomic E-state index is -0.609. The van der Waals surface area contributed by atoms with Gasteiger partial charge in [0.15, 0.2) is 0 Å². The number of piperazine rings is 1. The van der Waals surface area contributed by atoms with Crippen LogP contribution in [0.4, 0.5) is 0 Å². The first kappa shape index (κ1) is 14.1. The SMILES string of the molecule is O=C1CN(CCCn2ccnc2)C(=O)C2(CCCCC2)N1. The molecule has 0 aromatic carbocycles. The number of rotatable bonds is 4. The van der Waals surface area contributed by atoms with Gasteiger partial charge in [0, 0.05) is 25.5 Å². The predicted octanol–water partition coefficient (Wildman–Crippen LogP) is 0.934. The zero-order chi connectivity index (χ0) is 14.7. The monoisotopic (exact) mass is 290 g/mol. The molecule has 6 nitrogen and oxygen atoms in total. The molecule has 0 unspecified atom stereocenters. The molecule has 3 rings (SSSR count). The van der Waals surface area contributed by atoms with Crippen molar-refractivity contribution in [2.24, 2.45) is 0 Å². The highest BCUT2D eigenvalue weighted by molar-refractivity contribution is 5.98. The summed E-state index contributed by atoms with van der Waals surface area (Å²) in [6.45, 7) is 1.65. The molecule has 0 bridgehead atoms. The van der Waals surface area contributed by atoms with Crippen molar-refractivity contribution in [2.45, 2.75) is 50.6 Å². The zero-order valence-electron chi connectivity index (χ0n) is 12.3. The van der Waals surface area contributed by atoms with Crippen LogP contribution in [0.15, 0.2) is 18.7 Å². The van der Waals surface area contributed by atoms with Crippen molar-refractivity contribution in [3.8, 4) is 0 Å². The molecule has 1 N–H and O–H groups in total. The Bertz CT molecular complexity index is 506. The molecular formula is C15H22N4O2. The Morgan fingerprint density at radius 1 is 1.19 bits per heavy atom. The summed E-state index contributed by atoms with van der Waals surface area (Å²) in [4.78, 5) is 30.4. The molecule has 1 saturated heterocycles. The minimum absolute atomic E-state index is 0.0147. The number of imidazole rings is 1. The third-order valence-electron chi connectivity index (χ3n) is 4.52. The first-order valence-electron chi connectivity index (χ1n) is 7.76. The van der Waals surface area contributed by atoms with Gasteiger partial charge < -0.3 is 14.8 Å². The van der Waals surface area contributed by atoms with E-state index in [9.17, 15) is 9.59 Å². The quantitative estimate of drug-likeness (QED) is 0.897. The van der Waals surface area contributed by atoms with Crippen LogP contribution in [0.2, 0.25) is 0 Å². The van der Waals surface area contributed by atoms with Crippen LogP contribution in [0.25, 0.3) is 0 Å². The third-order valence-corrected chi connectivity index (χ3v) is 4.52. The highest BCUT2D eigenvalue weighted by Gasteiger charge is 2.46. The zero-order valence-corrected chi connectivity index (χ0v) is 12.3. The molecule has 21 heavy (non-hydrogen) atoms. The predicted molar refractivity (Wildman–Crippen MR) is 77.4 cm³/mol. The molecule has 2 amide bonds. The van der Waals surface area contributed by atoms with E-state index in [-0.39, 0.29) is 18.4 Å². The van der Waals surface area contributed by atoms with E-state index in [1.54, 1.807) is 17.4 Å². The van der Waals surface area contributed by atoms with Crippen LogP contribution in [-0.2, 0) is 16.1 Å². The van der Waals surface area contributed by atoms with Crippen molar-refractivity contribution in [1.29, 1.82) is 0 Å². The molecule has 1 saturated carbocycles. The Morgan fingerprint density at radius 3 is 2.71 bits per heavy atom. The molecule has 1 aliphatic carbocycles. The lowest BCUT2D eigenvalue weighted by molar-refractivity contribution is -0.151. The van der Waals surface area contributed by atoms with Gasteiger partial charge in [0.25, 0.3) is 0 Å². The van der Waals surface area contributed by atoms with Gasteiger partial charge in [-0.15, -0.1) is 0 Å². The molecule has 1 aromatic rings. The van der Waals surface area contributed by atoms with Gasteiger partial charge in [-0.2, -0.15) is 0 Å². The fourth-order valence-electron chi connectivity index (χ4n) is 3.45. The van der Waals surface area contributed by atoms with E-state index < -0.39 is 5.54 Å². The maximum absolute atomic E-state index is 12.7. The molecule has 114 valence electrons. The Balaban J connectivity index is 1.61. The number of nitrogens with one attached hydrogen (secondary N) is 1. The van der Waals surface area contributed by atoms with Crippen molar-refractivity contribution in [3.63, 3.8) is 0 Å². The fraction of sp³-hybridized carbons (Fsp3) is 0.667. The van der Waals surface area contributed by atoms with E-state index >= 15 is 0 Å². The van der Waals surface area contributed by atoms with Gasteiger partial charge in [-0.3, -0.25) is 9.59 Å². The highest BCUT2D eigenvalue weighted by atomic mass is 16.2. The summed E-state index contributed by atoms with van der Waals surface area (Å²) in [7, 11) is 0. The van der Waals surface area contributed by atoms with Crippen LogP contribution in [0, 0.1) is 0 Å². The normalized spacial score (nSPS) is 21.6. The maximum Gasteiger partial charge on any atom is 0.248 e. The number of amides is 2. The lowest BCUT2D eigenvalue weighted by atomic mass is 9.79. The van der Waals surface area contributed by atoms with Gasteiger partial charge in [0.1, 0.15) is 5.54 Å². The molecular weight excluding hydrogens is 268 g/mol. The highest BCUT2D eigenvalue weighted by Crippen LogP contribution is 2.31. The van der Waals surface area contributed by atoms with E-state index in [0.717, 1.165) is 45.1 Å². The number of aryl methyl sites for hydroxylation is 1. The van der Waals surface area contributed by atoms with Crippen molar-refractivity contribution < 1.29 is 9.59 Å². The number of carbonyl (C=O) groups excluding carboxylic acids is 2. The van der Waals surface area contributed by atoms with Crippen LogP contribution < -0.4 is 5.32 Å². The summed E-state index contributed by atoms with van der Waals surface area (Å²) in [5, 5.41) is 2.97. The number of nitrogens with zero attached hydrogens (tertiary/aromatic N) is 3. The van der Waals surface area contributed by atoms with Gasteiger partial charge in [-0.05, 0) is 19.3 Å². The lowest BCUT2D eigenvalue weighted by Crippen LogP contribution is -2.67. The summed E-state index contributed by atoms with van der Waals surface area (Å²) in [6.07, 6.45) is 11.0. The van der Waals surface area contributed by atoms with Crippen LogP contribution in [0.5, 0.6) is 0 Å². The van der Waals surface area contributed by atoms with Crippen LogP contribution in [-0.4, -0.2) is 44.9 Å². The summed E-state index contributed by atoms with van der Waals surface area (Å²) >= 11 is 0. The lowest BCUT2D eigenvalue weighted by Gasteiger charge is -2.44. The second-order valence-corrected chi connectivity index (χ2v) is 6.07. The van der Waals surface area contributed by atoms with Crippen molar-refractivity contribution in [1.82, 2.24) is 19.8 Å². The largest absolute Gasteiger partial charge is 0.340 e. The van der Waals surface area contributed by atoms with E-state index in [1.165, 1.54) is 0 Å². The molecule has 2 heterocycles. The summed E-state index contributed by atoms with van der Waals surface area (Å²) in [5.74, 6) is 0.103. The summed E-state index contributed by atoms with van der Waals surface area (Å²) in [6, 6.07) is 0. The molecule has 1 aromatic heterocycles. The number of carbonyl (C=O) groups is 2. The second kappa shape index (κ2) is 5.87. The Morgan fingerprint density at radius 2 is 2.00 bits per heavy atom. The van der Waals surface area contributed by atoms with E-state index in [2.05, 4.69) is 10.3 Å². The van der Waals surface area contributed by atoms with E-state index in [4.69, 9.17) is 0 Å². The summed E-state index contributed by atoms with van der Waals surface area (Å²) in [5.41, 5.74) is -0.609. The van der Waals surface area contributed by atoms with Crippen molar-refractivity contribution >= 4 is 11.8 Å². The average molecular weight is 290 g/mol. The molecule has 1 spiro atoms. The topological polar surface area (TPSA) is 67.2 Å².